The predicted molar refractivity (Wildman–Crippen MR) is 75.3 cm³/mol. The fourth-order valence-electron chi connectivity index (χ4n) is 2.13. The third-order valence-electron chi connectivity index (χ3n) is 3.24. The van der Waals surface area contributed by atoms with Crippen molar-refractivity contribution < 1.29 is 4.79 Å². The van der Waals surface area contributed by atoms with Crippen molar-refractivity contribution >= 4 is 17.4 Å². The van der Waals surface area contributed by atoms with Crippen LogP contribution in [0.3, 0.4) is 0 Å². The van der Waals surface area contributed by atoms with Gasteiger partial charge < -0.3 is 0 Å². The molecular weight excluding hydrogens is 248 g/mol. The average Bonchev–Trinajstić information content (AvgIpc) is 2.72. The van der Waals surface area contributed by atoms with Crippen LogP contribution < -0.4 is 0 Å². The Labute approximate surface area is 115 Å². The summed E-state index contributed by atoms with van der Waals surface area (Å²) in [6, 6.07) is 0.153. The minimum absolute atomic E-state index is 0.0663. The van der Waals surface area contributed by atoms with Crippen molar-refractivity contribution in [1.82, 2.24) is 9.78 Å². The van der Waals surface area contributed by atoms with Gasteiger partial charge >= 0.3 is 0 Å². The Morgan fingerprint density at radius 1 is 1.44 bits per heavy atom. The quantitative estimate of drug-likeness (QED) is 0.683. The minimum Gasteiger partial charge on any atom is -0.292 e. The lowest BCUT2D eigenvalue weighted by molar-refractivity contribution is 0.0895. The van der Waals surface area contributed by atoms with E-state index in [1.807, 2.05) is 13.8 Å². The van der Waals surface area contributed by atoms with Gasteiger partial charge in [0.15, 0.2) is 5.78 Å². The number of aromatic nitrogens is 2. The third kappa shape index (κ3) is 3.35. The van der Waals surface area contributed by atoms with Crippen LogP contribution in [0.4, 0.5) is 0 Å². The van der Waals surface area contributed by atoms with Crippen LogP contribution in [-0.4, -0.2) is 15.6 Å². The van der Waals surface area contributed by atoms with Crippen LogP contribution in [0.15, 0.2) is 6.20 Å². The van der Waals surface area contributed by atoms with E-state index in [2.05, 4.69) is 18.9 Å². The second kappa shape index (κ2) is 6.93. The van der Waals surface area contributed by atoms with E-state index in [1.54, 1.807) is 10.9 Å². The van der Waals surface area contributed by atoms with Gasteiger partial charge in [0.2, 0.25) is 0 Å². The number of carbonyl (C=O) groups excluding carboxylic acids is 1. The number of nitrogens with zero attached hydrogens (tertiary/aromatic N) is 2. The van der Waals surface area contributed by atoms with Gasteiger partial charge in [-0.2, -0.15) is 5.10 Å². The zero-order valence-electron chi connectivity index (χ0n) is 11.7. The fraction of sp³-hybridized carbons (Fsp3) is 0.714. The zero-order chi connectivity index (χ0) is 13.7. The minimum atomic E-state index is 0.0663. The second-order valence-electron chi connectivity index (χ2n) is 4.99. The molecule has 102 valence electrons. The molecule has 0 spiro atoms. The molecular formula is C14H23ClN2O. The maximum absolute atomic E-state index is 12.5. The van der Waals surface area contributed by atoms with Crippen LogP contribution >= 0.6 is 11.6 Å². The van der Waals surface area contributed by atoms with Gasteiger partial charge in [0.25, 0.3) is 0 Å². The molecule has 1 aromatic heterocycles. The SMILES string of the molecule is CCCCC(CC)C(=O)c1c(Cl)cnn1C(C)C. The van der Waals surface area contributed by atoms with E-state index in [0.717, 1.165) is 25.7 Å². The van der Waals surface area contributed by atoms with E-state index in [9.17, 15) is 4.79 Å². The molecule has 18 heavy (non-hydrogen) atoms. The molecule has 0 saturated carbocycles. The van der Waals surface area contributed by atoms with Crippen molar-refractivity contribution in [2.45, 2.75) is 59.4 Å². The molecule has 0 aliphatic rings. The van der Waals surface area contributed by atoms with Crippen LogP contribution in [0.1, 0.15) is 69.9 Å². The topological polar surface area (TPSA) is 34.9 Å². The molecule has 0 aliphatic carbocycles. The maximum atomic E-state index is 12.5. The molecule has 0 amide bonds. The smallest absolute Gasteiger partial charge is 0.185 e. The van der Waals surface area contributed by atoms with E-state index in [0.29, 0.717) is 10.7 Å². The molecule has 3 nitrogen and oxygen atoms in total. The lowest BCUT2D eigenvalue weighted by Gasteiger charge is -2.16. The molecule has 0 fully saturated rings. The Morgan fingerprint density at radius 3 is 2.61 bits per heavy atom. The van der Waals surface area contributed by atoms with Crippen LogP contribution in [0.25, 0.3) is 0 Å². The molecule has 0 N–H and O–H groups in total. The summed E-state index contributed by atoms with van der Waals surface area (Å²) in [5.74, 6) is 0.207. The molecule has 0 aliphatic heterocycles. The highest BCUT2D eigenvalue weighted by molar-refractivity contribution is 6.33. The van der Waals surface area contributed by atoms with Crippen LogP contribution in [0.5, 0.6) is 0 Å². The highest BCUT2D eigenvalue weighted by Crippen LogP contribution is 2.25. The zero-order valence-corrected chi connectivity index (χ0v) is 12.5. The number of carbonyl (C=O) groups is 1. The Morgan fingerprint density at radius 2 is 2.11 bits per heavy atom. The Balaban J connectivity index is 2.97. The van der Waals surface area contributed by atoms with E-state index >= 15 is 0 Å². The van der Waals surface area contributed by atoms with E-state index in [4.69, 9.17) is 11.6 Å². The molecule has 4 heteroatoms. The van der Waals surface area contributed by atoms with Gasteiger partial charge in [-0.05, 0) is 26.7 Å². The number of rotatable bonds is 7. The molecule has 0 saturated heterocycles. The molecule has 1 rings (SSSR count). The largest absolute Gasteiger partial charge is 0.292 e. The molecule has 0 aromatic carbocycles. The number of hydrogen-bond acceptors (Lipinski definition) is 2. The highest BCUT2D eigenvalue weighted by atomic mass is 35.5. The van der Waals surface area contributed by atoms with Crippen molar-refractivity contribution in [3.8, 4) is 0 Å². The monoisotopic (exact) mass is 270 g/mol. The number of hydrogen-bond donors (Lipinski definition) is 0. The summed E-state index contributed by atoms with van der Waals surface area (Å²) in [5, 5.41) is 4.67. The third-order valence-corrected chi connectivity index (χ3v) is 3.52. The fourth-order valence-corrected chi connectivity index (χ4v) is 2.35. The highest BCUT2D eigenvalue weighted by Gasteiger charge is 2.25. The first-order valence-electron chi connectivity index (χ1n) is 6.80. The first-order chi connectivity index (χ1) is 8.52. The lowest BCUT2D eigenvalue weighted by atomic mass is 9.93. The van der Waals surface area contributed by atoms with Crippen molar-refractivity contribution in [2.24, 2.45) is 5.92 Å². The average molecular weight is 271 g/mol. The standard InChI is InChI=1S/C14H23ClN2O/c1-5-7-8-11(6-2)14(18)13-12(15)9-16-17(13)10(3)4/h9-11H,5-8H2,1-4H3. The van der Waals surface area contributed by atoms with E-state index in [-0.39, 0.29) is 17.7 Å². The number of Topliss-reactive ketones (excluding diaryl/α,β-unsaturated/α-hetero) is 1. The van der Waals surface area contributed by atoms with Gasteiger partial charge in [-0.25, -0.2) is 0 Å². The molecule has 1 heterocycles. The predicted octanol–water partition coefficient (Wildman–Crippen LogP) is 4.52. The van der Waals surface area contributed by atoms with Gasteiger partial charge in [0, 0.05) is 12.0 Å². The van der Waals surface area contributed by atoms with Gasteiger partial charge in [-0.15, -0.1) is 0 Å². The van der Waals surface area contributed by atoms with Crippen LogP contribution in [0, 0.1) is 5.92 Å². The van der Waals surface area contributed by atoms with Gasteiger partial charge in [-0.1, -0.05) is 38.3 Å². The van der Waals surface area contributed by atoms with E-state index < -0.39 is 0 Å². The number of ketones is 1. The number of unbranched alkanes of at least 4 members (excludes halogenated alkanes) is 1. The van der Waals surface area contributed by atoms with E-state index in [1.165, 1.54) is 0 Å². The second-order valence-corrected chi connectivity index (χ2v) is 5.40. The van der Waals surface area contributed by atoms with Gasteiger partial charge in [-0.3, -0.25) is 9.48 Å². The summed E-state index contributed by atoms with van der Waals surface area (Å²) in [4.78, 5) is 12.5. The van der Waals surface area contributed by atoms with Crippen molar-refractivity contribution in [3.05, 3.63) is 16.9 Å². The Hall–Kier alpha value is -0.830. The molecule has 1 unspecified atom stereocenters. The Bertz CT molecular complexity index is 398. The summed E-state index contributed by atoms with van der Waals surface area (Å²) in [6.07, 6.45) is 5.56. The first kappa shape index (κ1) is 15.2. The molecule has 1 aromatic rings. The summed E-state index contributed by atoms with van der Waals surface area (Å²) in [5.41, 5.74) is 0.578. The van der Waals surface area contributed by atoms with Crippen LogP contribution in [-0.2, 0) is 0 Å². The van der Waals surface area contributed by atoms with Gasteiger partial charge in [0.1, 0.15) is 5.69 Å². The molecule has 1 atom stereocenters. The lowest BCUT2D eigenvalue weighted by Crippen LogP contribution is -2.20. The van der Waals surface area contributed by atoms with Gasteiger partial charge in [0.05, 0.1) is 11.2 Å². The van der Waals surface area contributed by atoms with Crippen molar-refractivity contribution in [2.75, 3.05) is 0 Å². The summed E-state index contributed by atoms with van der Waals surface area (Å²) in [7, 11) is 0. The Kier molecular flexibility index (Phi) is 5.86. The summed E-state index contributed by atoms with van der Waals surface area (Å²) in [6.45, 7) is 8.21. The van der Waals surface area contributed by atoms with Crippen molar-refractivity contribution in [3.63, 3.8) is 0 Å². The molecule has 0 radical (unpaired) electrons. The molecule has 0 bridgehead atoms. The van der Waals surface area contributed by atoms with Crippen molar-refractivity contribution in [1.29, 1.82) is 0 Å². The summed E-state index contributed by atoms with van der Waals surface area (Å²) < 4.78 is 1.74. The maximum Gasteiger partial charge on any atom is 0.185 e. The normalized spacial score (nSPS) is 13.0. The summed E-state index contributed by atoms with van der Waals surface area (Å²) >= 11 is 6.11. The number of halogens is 1. The van der Waals surface area contributed by atoms with Crippen LogP contribution in [0.2, 0.25) is 5.02 Å². The first-order valence-corrected chi connectivity index (χ1v) is 7.17.